The number of hydrogen-bond acceptors (Lipinski definition) is 1. The smallest absolute Gasteiger partial charge is 0.128 e. The average molecular weight is 238 g/mol. The fourth-order valence-electron chi connectivity index (χ4n) is 0.992. The van der Waals surface area contributed by atoms with E-state index in [1.54, 1.807) is 18.2 Å². The Morgan fingerprint density at radius 2 is 2.08 bits per heavy atom. The van der Waals surface area contributed by atoms with Gasteiger partial charge in [0.15, 0.2) is 0 Å². The Labute approximate surface area is 91.6 Å². The van der Waals surface area contributed by atoms with Gasteiger partial charge in [-0.3, -0.25) is 0 Å². The molecule has 1 atom stereocenters. The highest BCUT2D eigenvalue weighted by Gasteiger charge is 2.12. The summed E-state index contributed by atoms with van der Waals surface area (Å²) in [5.41, 5.74) is 0.680. The minimum atomic E-state index is -0.382. The first kappa shape index (κ1) is 10.8. The highest BCUT2D eigenvalue weighted by atomic mass is 35.5. The highest BCUT2D eigenvalue weighted by molar-refractivity contribution is 6.34. The van der Waals surface area contributed by atoms with Crippen molar-refractivity contribution in [2.75, 3.05) is 5.88 Å². The topological polar surface area (TPSA) is 17.1 Å². The van der Waals surface area contributed by atoms with Crippen LogP contribution in [0.4, 0.5) is 0 Å². The molecule has 0 heterocycles. The molecular formula is C9H7Cl3O. The van der Waals surface area contributed by atoms with Crippen LogP contribution < -0.4 is 0 Å². The van der Waals surface area contributed by atoms with Gasteiger partial charge in [0.25, 0.3) is 0 Å². The predicted octanol–water partition coefficient (Wildman–Crippen LogP) is 3.51. The number of alkyl halides is 1. The molecule has 0 aliphatic rings. The second kappa shape index (κ2) is 4.85. The first-order chi connectivity index (χ1) is 6.19. The number of benzene rings is 1. The summed E-state index contributed by atoms with van der Waals surface area (Å²) >= 11 is 17.2. The van der Waals surface area contributed by atoms with Crippen molar-refractivity contribution in [1.82, 2.24) is 0 Å². The summed E-state index contributed by atoms with van der Waals surface area (Å²) in [5, 5.41) is 1.07. The van der Waals surface area contributed by atoms with Gasteiger partial charge in [-0.1, -0.05) is 23.2 Å². The third kappa shape index (κ3) is 2.60. The third-order valence-electron chi connectivity index (χ3n) is 1.69. The first-order valence-electron chi connectivity index (χ1n) is 3.65. The van der Waals surface area contributed by atoms with Gasteiger partial charge < -0.3 is 4.79 Å². The lowest BCUT2D eigenvalue weighted by Crippen LogP contribution is -2.02. The Hall–Kier alpha value is -0.240. The van der Waals surface area contributed by atoms with Crippen LogP contribution in [0.5, 0.6) is 0 Å². The first-order valence-corrected chi connectivity index (χ1v) is 4.94. The molecule has 1 unspecified atom stereocenters. The maximum absolute atomic E-state index is 10.6. The zero-order valence-corrected chi connectivity index (χ0v) is 8.90. The minimum absolute atomic E-state index is 0.212. The van der Waals surface area contributed by atoms with Crippen LogP contribution in [-0.4, -0.2) is 12.2 Å². The molecule has 0 saturated heterocycles. The Kier molecular flexibility index (Phi) is 4.04. The Bertz CT molecular complexity index is 312. The van der Waals surface area contributed by atoms with E-state index in [9.17, 15) is 4.79 Å². The van der Waals surface area contributed by atoms with Gasteiger partial charge >= 0.3 is 0 Å². The van der Waals surface area contributed by atoms with E-state index in [0.717, 1.165) is 6.29 Å². The molecule has 0 fully saturated rings. The Morgan fingerprint density at radius 1 is 1.38 bits per heavy atom. The van der Waals surface area contributed by atoms with Gasteiger partial charge in [0.1, 0.15) is 6.29 Å². The average Bonchev–Trinajstić information content (AvgIpc) is 2.13. The molecule has 4 heteroatoms. The van der Waals surface area contributed by atoms with Gasteiger partial charge in [-0.15, -0.1) is 11.6 Å². The minimum Gasteiger partial charge on any atom is -0.303 e. The lowest BCUT2D eigenvalue weighted by Gasteiger charge is -2.08. The van der Waals surface area contributed by atoms with E-state index in [0.29, 0.717) is 15.6 Å². The molecule has 13 heavy (non-hydrogen) atoms. The Balaban J connectivity index is 3.10. The molecule has 1 aromatic rings. The molecule has 0 amide bonds. The van der Waals surface area contributed by atoms with Crippen molar-refractivity contribution in [3.63, 3.8) is 0 Å². The number of carbonyl (C=O) groups excluding carboxylic acids is 1. The lowest BCUT2D eigenvalue weighted by molar-refractivity contribution is -0.108. The van der Waals surface area contributed by atoms with Crippen molar-refractivity contribution >= 4 is 41.1 Å². The van der Waals surface area contributed by atoms with Crippen LogP contribution in [0, 0.1) is 0 Å². The van der Waals surface area contributed by atoms with E-state index in [1.165, 1.54) is 0 Å². The van der Waals surface area contributed by atoms with Crippen LogP contribution in [0.25, 0.3) is 0 Å². The molecule has 0 spiro atoms. The molecule has 1 aromatic carbocycles. The largest absolute Gasteiger partial charge is 0.303 e. The number of aldehydes is 1. The maximum atomic E-state index is 10.6. The molecule has 0 saturated carbocycles. The van der Waals surface area contributed by atoms with Crippen molar-refractivity contribution < 1.29 is 4.79 Å². The van der Waals surface area contributed by atoms with E-state index in [4.69, 9.17) is 34.8 Å². The van der Waals surface area contributed by atoms with Crippen LogP contribution in [0.2, 0.25) is 10.0 Å². The lowest BCUT2D eigenvalue weighted by atomic mass is 10.0. The van der Waals surface area contributed by atoms with Crippen LogP contribution in [0.15, 0.2) is 18.2 Å². The summed E-state index contributed by atoms with van der Waals surface area (Å²) in [7, 11) is 0. The van der Waals surface area contributed by atoms with Gasteiger partial charge in [-0.2, -0.15) is 0 Å². The van der Waals surface area contributed by atoms with Crippen LogP contribution in [0.3, 0.4) is 0 Å². The fraction of sp³-hybridized carbons (Fsp3) is 0.222. The van der Waals surface area contributed by atoms with Gasteiger partial charge in [-0.05, 0) is 23.8 Å². The van der Waals surface area contributed by atoms with E-state index < -0.39 is 0 Å². The molecule has 1 rings (SSSR count). The van der Waals surface area contributed by atoms with Crippen molar-refractivity contribution in [1.29, 1.82) is 0 Å². The van der Waals surface area contributed by atoms with Crippen molar-refractivity contribution in [2.24, 2.45) is 0 Å². The van der Waals surface area contributed by atoms with Crippen LogP contribution >= 0.6 is 34.8 Å². The highest BCUT2D eigenvalue weighted by Crippen LogP contribution is 2.27. The normalized spacial score (nSPS) is 12.5. The van der Waals surface area contributed by atoms with Gasteiger partial charge in [-0.25, -0.2) is 0 Å². The van der Waals surface area contributed by atoms with Crippen molar-refractivity contribution in [2.45, 2.75) is 5.92 Å². The summed E-state index contributed by atoms with van der Waals surface area (Å²) < 4.78 is 0. The molecule has 0 aromatic heterocycles. The van der Waals surface area contributed by atoms with E-state index in [2.05, 4.69) is 0 Å². The SMILES string of the molecule is O=CC(CCl)c1cc(Cl)ccc1Cl. The third-order valence-corrected chi connectivity index (χ3v) is 2.60. The Morgan fingerprint density at radius 3 is 2.62 bits per heavy atom. The summed E-state index contributed by atoms with van der Waals surface area (Å²) in [6.07, 6.45) is 0.768. The molecule has 1 nitrogen and oxygen atoms in total. The zero-order chi connectivity index (χ0) is 9.84. The van der Waals surface area contributed by atoms with E-state index >= 15 is 0 Å². The molecule has 0 N–H and O–H groups in total. The molecule has 70 valence electrons. The van der Waals surface area contributed by atoms with Gasteiger partial charge in [0.05, 0.1) is 5.92 Å². The summed E-state index contributed by atoms with van der Waals surface area (Å²) in [4.78, 5) is 10.6. The molecule has 0 aliphatic heterocycles. The van der Waals surface area contributed by atoms with Crippen LogP contribution in [0.1, 0.15) is 11.5 Å². The summed E-state index contributed by atoms with van der Waals surface area (Å²) in [5.74, 6) is -0.170. The fourth-order valence-corrected chi connectivity index (χ4v) is 1.67. The van der Waals surface area contributed by atoms with Crippen molar-refractivity contribution in [3.8, 4) is 0 Å². The van der Waals surface area contributed by atoms with E-state index in [-0.39, 0.29) is 11.8 Å². The standard InChI is InChI=1S/C9H7Cl3O/c10-4-6(5-13)8-3-7(11)1-2-9(8)12/h1-3,5-6H,4H2. The van der Waals surface area contributed by atoms with Crippen molar-refractivity contribution in [3.05, 3.63) is 33.8 Å². The van der Waals surface area contributed by atoms with Crippen LogP contribution in [-0.2, 0) is 4.79 Å². The number of hydrogen-bond donors (Lipinski definition) is 0. The molecule has 0 bridgehead atoms. The molecule has 0 aliphatic carbocycles. The second-order valence-corrected chi connectivity index (χ2v) is 3.71. The van der Waals surface area contributed by atoms with E-state index in [1.807, 2.05) is 0 Å². The molecule has 0 radical (unpaired) electrons. The second-order valence-electron chi connectivity index (χ2n) is 2.56. The maximum Gasteiger partial charge on any atom is 0.128 e. The summed E-state index contributed by atoms with van der Waals surface area (Å²) in [6, 6.07) is 4.98. The number of rotatable bonds is 3. The number of halogens is 3. The quantitative estimate of drug-likeness (QED) is 0.581. The monoisotopic (exact) mass is 236 g/mol. The number of carbonyl (C=O) groups is 1. The summed E-state index contributed by atoms with van der Waals surface area (Å²) in [6.45, 7) is 0. The van der Waals surface area contributed by atoms with Gasteiger partial charge in [0.2, 0.25) is 0 Å². The zero-order valence-electron chi connectivity index (χ0n) is 6.64. The molecular weight excluding hydrogens is 230 g/mol. The predicted molar refractivity (Wildman–Crippen MR) is 56.0 cm³/mol. The van der Waals surface area contributed by atoms with Gasteiger partial charge in [0, 0.05) is 15.9 Å².